The van der Waals surface area contributed by atoms with Gasteiger partial charge in [0.05, 0.1) is 13.2 Å². The summed E-state index contributed by atoms with van der Waals surface area (Å²) in [4.78, 5) is 11.4. The van der Waals surface area contributed by atoms with Crippen LogP contribution in [0.3, 0.4) is 0 Å². The number of ether oxygens (including phenoxy) is 4. The molecule has 3 rings (SSSR count). The highest BCUT2D eigenvalue weighted by molar-refractivity contribution is 5.81. The van der Waals surface area contributed by atoms with E-state index < -0.39 is 30.6 Å². The average Bonchev–Trinajstić information content (AvgIpc) is 2.90. The summed E-state index contributed by atoms with van der Waals surface area (Å²) >= 11 is 0. The van der Waals surface area contributed by atoms with Gasteiger partial charge in [0.1, 0.15) is 24.4 Å². The first-order valence-corrected chi connectivity index (χ1v) is 7.69. The molecule has 0 bridgehead atoms. The third-order valence-electron chi connectivity index (χ3n) is 3.84. The van der Waals surface area contributed by atoms with Crippen LogP contribution in [0.5, 0.6) is 0 Å². The van der Waals surface area contributed by atoms with Gasteiger partial charge < -0.3 is 24.1 Å². The van der Waals surface area contributed by atoms with Gasteiger partial charge >= 0.3 is 5.97 Å². The molecule has 2 aliphatic rings. The maximum absolute atomic E-state index is 11.4. The Bertz CT molecular complexity index is 557. The van der Waals surface area contributed by atoms with Crippen LogP contribution < -0.4 is 0 Å². The van der Waals surface area contributed by atoms with Gasteiger partial charge in [-0.05, 0) is 13.0 Å². The van der Waals surface area contributed by atoms with Gasteiger partial charge in [0, 0.05) is 11.6 Å². The van der Waals surface area contributed by atoms with Gasteiger partial charge in [-0.25, -0.2) is 4.79 Å². The van der Waals surface area contributed by atoms with E-state index in [9.17, 15) is 9.90 Å². The maximum Gasteiger partial charge on any atom is 0.330 e. The molecule has 6 nitrogen and oxygen atoms in total. The molecule has 2 heterocycles. The molecular formula is C17H20O6. The number of carbonyl (C=O) groups excluding carboxylic acids is 1. The lowest BCUT2D eigenvalue weighted by Crippen LogP contribution is -2.42. The molecule has 0 radical (unpaired) electrons. The van der Waals surface area contributed by atoms with Crippen LogP contribution in [0.25, 0.3) is 0 Å². The third kappa shape index (κ3) is 3.61. The van der Waals surface area contributed by atoms with E-state index in [1.165, 1.54) is 12.2 Å². The Morgan fingerprint density at radius 1 is 1.35 bits per heavy atom. The van der Waals surface area contributed by atoms with Crippen LogP contribution in [-0.4, -0.2) is 48.7 Å². The van der Waals surface area contributed by atoms with Gasteiger partial charge in [0.2, 0.25) is 0 Å². The fourth-order valence-corrected chi connectivity index (χ4v) is 2.74. The molecule has 6 heteroatoms. The first kappa shape index (κ1) is 16.1. The molecule has 0 spiro atoms. The molecule has 1 N–H and O–H groups in total. The van der Waals surface area contributed by atoms with Gasteiger partial charge in [0.15, 0.2) is 6.29 Å². The Hall–Kier alpha value is -1.73. The molecule has 0 aliphatic carbocycles. The summed E-state index contributed by atoms with van der Waals surface area (Å²) in [6.45, 7) is 2.36. The van der Waals surface area contributed by atoms with Crippen molar-refractivity contribution >= 4 is 5.97 Å². The van der Waals surface area contributed by atoms with Crippen molar-refractivity contribution in [3.8, 4) is 0 Å². The Morgan fingerprint density at radius 3 is 2.87 bits per heavy atom. The number of rotatable bonds is 4. The predicted octanol–water partition coefficient (Wildman–Crippen LogP) is 1.35. The van der Waals surface area contributed by atoms with Gasteiger partial charge in [-0.3, -0.25) is 0 Å². The summed E-state index contributed by atoms with van der Waals surface area (Å²) in [5, 5.41) is 10.4. The highest BCUT2D eigenvalue weighted by Gasteiger charge is 2.47. The fraction of sp³-hybridized carbons (Fsp3) is 0.471. The second kappa shape index (κ2) is 7.23. The van der Waals surface area contributed by atoms with E-state index >= 15 is 0 Å². The molecule has 5 atom stereocenters. The number of hydrogen-bond acceptors (Lipinski definition) is 6. The highest BCUT2D eigenvalue weighted by Crippen LogP contribution is 2.35. The SMILES string of the molecule is CCOC(=O)/C=C/[C@@H]1O[C@@H]2CO[C@@H](c3ccccc3)O[C@H]2[C@@H]1O. The topological polar surface area (TPSA) is 74.2 Å². The number of benzene rings is 1. The molecular weight excluding hydrogens is 300 g/mol. The summed E-state index contributed by atoms with van der Waals surface area (Å²) in [7, 11) is 0. The molecule has 0 unspecified atom stereocenters. The van der Waals surface area contributed by atoms with Crippen LogP contribution >= 0.6 is 0 Å². The van der Waals surface area contributed by atoms with Crippen molar-refractivity contribution in [2.24, 2.45) is 0 Å². The summed E-state index contributed by atoms with van der Waals surface area (Å²) in [5.74, 6) is -0.461. The van der Waals surface area contributed by atoms with Crippen LogP contribution in [0.2, 0.25) is 0 Å². The van der Waals surface area contributed by atoms with Crippen molar-refractivity contribution in [3.05, 3.63) is 48.0 Å². The molecule has 0 amide bonds. The van der Waals surface area contributed by atoms with Crippen LogP contribution in [-0.2, 0) is 23.7 Å². The smallest absolute Gasteiger partial charge is 0.330 e. The normalized spacial score (nSPS) is 33.6. The summed E-state index contributed by atoms with van der Waals surface area (Å²) in [6.07, 6.45) is -0.0871. The zero-order valence-corrected chi connectivity index (χ0v) is 12.8. The molecule has 0 saturated carbocycles. The van der Waals surface area contributed by atoms with Crippen molar-refractivity contribution in [1.29, 1.82) is 0 Å². The number of hydrogen-bond donors (Lipinski definition) is 1. The van der Waals surface area contributed by atoms with Crippen LogP contribution in [0, 0.1) is 0 Å². The number of fused-ring (bicyclic) bond motifs is 1. The molecule has 1 aromatic carbocycles. The van der Waals surface area contributed by atoms with Crippen LogP contribution in [0.4, 0.5) is 0 Å². The fourth-order valence-electron chi connectivity index (χ4n) is 2.74. The highest BCUT2D eigenvalue weighted by atomic mass is 16.7. The van der Waals surface area contributed by atoms with Crippen molar-refractivity contribution in [3.63, 3.8) is 0 Å². The lowest BCUT2D eigenvalue weighted by molar-refractivity contribution is -0.252. The average molecular weight is 320 g/mol. The van der Waals surface area contributed by atoms with Crippen molar-refractivity contribution in [2.45, 2.75) is 37.6 Å². The minimum absolute atomic E-state index is 0.304. The Kier molecular flexibility index (Phi) is 5.07. The third-order valence-corrected chi connectivity index (χ3v) is 3.84. The number of aliphatic hydroxyl groups excluding tert-OH is 1. The molecule has 1 aromatic rings. The minimum atomic E-state index is -0.860. The molecule has 2 fully saturated rings. The van der Waals surface area contributed by atoms with Crippen LogP contribution in [0.1, 0.15) is 18.8 Å². The van der Waals surface area contributed by atoms with E-state index in [1.54, 1.807) is 6.92 Å². The van der Waals surface area contributed by atoms with Gasteiger partial charge in [0.25, 0.3) is 0 Å². The Balaban J connectivity index is 1.64. The number of carbonyl (C=O) groups is 1. The van der Waals surface area contributed by atoms with Gasteiger partial charge in [-0.2, -0.15) is 0 Å². The molecule has 23 heavy (non-hydrogen) atoms. The largest absolute Gasteiger partial charge is 0.463 e. The monoisotopic (exact) mass is 320 g/mol. The Labute approximate surface area is 134 Å². The Morgan fingerprint density at radius 2 is 2.13 bits per heavy atom. The molecule has 2 saturated heterocycles. The molecule has 0 aromatic heterocycles. The lowest BCUT2D eigenvalue weighted by atomic mass is 10.1. The van der Waals surface area contributed by atoms with E-state index in [2.05, 4.69) is 0 Å². The standard InChI is InChI=1S/C17H20O6/c1-2-20-14(18)9-8-12-15(19)16-13(22-12)10-21-17(23-16)11-6-4-3-5-7-11/h3-9,12-13,15-17,19H,2,10H2,1H3/b9-8+/t12-,13+,15+,16+,17+/m0/s1. The lowest BCUT2D eigenvalue weighted by Gasteiger charge is -2.32. The zero-order chi connectivity index (χ0) is 16.2. The summed E-state index contributed by atoms with van der Waals surface area (Å²) in [5.41, 5.74) is 0.892. The second-order valence-corrected chi connectivity index (χ2v) is 5.42. The quantitative estimate of drug-likeness (QED) is 0.667. The van der Waals surface area contributed by atoms with Gasteiger partial charge in [-0.15, -0.1) is 0 Å². The maximum atomic E-state index is 11.4. The van der Waals surface area contributed by atoms with Gasteiger partial charge in [-0.1, -0.05) is 30.3 Å². The first-order chi connectivity index (χ1) is 11.2. The zero-order valence-electron chi connectivity index (χ0n) is 12.8. The predicted molar refractivity (Wildman–Crippen MR) is 80.4 cm³/mol. The van der Waals surface area contributed by atoms with E-state index in [0.717, 1.165) is 5.56 Å². The van der Waals surface area contributed by atoms with Crippen molar-refractivity contribution in [1.82, 2.24) is 0 Å². The molecule has 2 aliphatic heterocycles. The second-order valence-electron chi connectivity index (χ2n) is 5.42. The molecule has 124 valence electrons. The van der Waals surface area contributed by atoms with E-state index in [-0.39, 0.29) is 6.10 Å². The summed E-state index contributed by atoms with van der Waals surface area (Å²) < 4.78 is 22.0. The number of aliphatic hydroxyl groups is 1. The van der Waals surface area contributed by atoms with Crippen LogP contribution in [0.15, 0.2) is 42.5 Å². The number of esters is 1. The van der Waals surface area contributed by atoms with E-state index in [4.69, 9.17) is 18.9 Å². The summed E-state index contributed by atoms with van der Waals surface area (Å²) in [6, 6.07) is 9.54. The van der Waals surface area contributed by atoms with E-state index in [1.807, 2.05) is 30.3 Å². The van der Waals surface area contributed by atoms with Crippen molar-refractivity contribution < 1.29 is 28.8 Å². The minimum Gasteiger partial charge on any atom is -0.463 e. The van der Waals surface area contributed by atoms with Crippen molar-refractivity contribution in [2.75, 3.05) is 13.2 Å². The first-order valence-electron chi connectivity index (χ1n) is 7.69. The van der Waals surface area contributed by atoms with E-state index in [0.29, 0.717) is 13.2 Å².